The van der Waals surface area contributed by atoms with E-state index in [0.29, 0.717) is 6.10 Å². The fourth-order valence-corrected chi connectivity index (χ4v) is 4.47. The third kappa shape index (κ3) is 1.53. The molecular weight excluding hydrogens is 220 g/mol. The van der Waals surface area contributed by atoms with Crippen molar-refractivity contribution in [1.82, 2.24) is 0 Å². The Morgan fingerprint density at radius 2 is 2.00 bits per heavy atom. The van der Waals surface area contributed by atoms with Crippen molar-refractivity contribution in [2.24, 2.45) is 23.7 Å². The number of benzene rings is 1. The normalized spacial score (nSPS) is 40.2. The van der Waals surface area contributed by atoms with Gasteiger partial charge in [-0.15, -0.1) is 0 Å². The van der Waals surface area contributed by atoms with Crippen molar-refractivity contribution >= 4 is 0 Å². The van der Waals surface area contributed by atoms with Gasteiger partial charge in [0.05, 0.1) is 0 Å². The van der Waals surface area contributed by atoms with Crippen LogP contribution in [0.25, 0.3) is 0 Å². The second-order valence-corrected chi connectivity index (χ2v) is 6.24. The van der Waals surface area contributed by atoms with Crippen LogP contribution in [0.1, 0.15) is 24.8 Å². The quantitative estimate of drug-likeness (QED) is 0.711. The Bertz CT molecular complexity index is 490. The summed E-state index contributed by atoms with van der Waals surface area (Å²) in [6.45, 7) is 2.13. The number of fused-ring (bicyclic) bond motifs is 5. The Kier molecular flexibility index (Phi) is 2.30. The molecule has 0 heterocycles. The van der Waals surface area contributed by atoms with Crippen LogP contribution in [-0.4, -0.2) is 6.10 Å². The van der Waals surface area contributed by atoms with Gasteiger partial charge in [-0.05, 0) is 61.6 Å². The molecule has 1 nitrogen and oxygen atoms in total. The molecule has 3 aliphatic rings. The molecule has 0 spiro atoms. The molecule has 2 bridgehead atoms. The molecule has 2 fully saturated rings. The van der Waals surface area contributed by atoms with Gasteiger partial charge < -0.3 is 4.74 Å². The van der Waals surface area contributed by atoms with Crippen LogP contribution in [0, 0.1) is 30.6 Å². The van der Waals surface area contributed by atoms with E-state index in [1.54, 1.807) is 0 Å². The van der Waals surface area contributed by atoms with Crippen molar-refractivity contribution in [2.45, 2.75) is 32.3 Å². The smallest absolute Gasteiger partial charge is 0.119 e. The molecule has 3 aliphatic carbocycles. The maximum absolute atomic E-state index is 6.29. The molecule has 5 atom stereocenters. The van der Waals surface area contributed by atoms with Crippen molar-refractivity contribution in [1.29, 1.82) is 0 Å². The average Bonchev–Trinajstić information content (AvgIpc) is 3.02. The summed E-state index contributed by atoms with van der Waals surface area (Å²) in [6, 6.07) is 8.49. The number of hydrogen-bond donors (Lipinski definition) is 0. The van der Waals surface area contributed by atoms with E-state index in [0.717, 1.165) is 29.4 Å². The molecule has 0 aliphatic heterocycles. The minimum absolute atomic E-state index is 0.455. The van der Waals surface area contributed by atoms with E-state index >= 15 is 0 Å². The minimum atomic E-state index is 0.455. The van der Waals surface area contributed by atoms with Gasteiger partial charge >= 0.3 is 0 Å². The molecule has 4 rings (SSSR count). The van der Waals surface area contributed by atoms with Crippen LogP contribution < -0.4 is 4.74 Å². The van der Waals surface area contributed by atoms with E-state index in [2.05, 4.69) is 43.3 Å². The molecule has 0 aromatic heterocycles. The topological polar surface area (TPSA) is 9.23 Å². The van der Waals surface area contributed by atoms with E-state index in [1.807, 2.05) is 0 Å². The maximum atomic E-state index is 6.29. The van der Waals surface area contributed by atoms with Crippen LogP contribution in [0.15, 0.2) is 36.4 Å². The first kappa shape index (κ1) is 10.7. The first-order valence-electron chi connectivity index (χ1n) is 7.23. The van der Waals surface area contributed by atoms with Gasteiger partial charge in [0, 0.05) is 5.92 Å². The van der Waals surface area contributed by atoms with Crippen molar-refractivity contribution in [3.05, 3.63) is 42.0 Å². The third-order valence-corrected chi connectivity index (χ3v) is 5.18. The van der Waals surface area contributed by atoms with Gasteiger partial charge in [0.2, 0.25) is 0 Å². The molecule has 0 amide bonds. The first-order valence-corrected chi connectivity index (χ1v) is 7.23. The molecule has 0 radical (unpaired) electrons. The Balaban J connectivity index is 1.55. The van der Waals surface area contributed by atoms with Crippen molar-refractivity contribution in [3.63, 3.8) is 0 Å². The standard InChI is InChI=1S/C17H20O/c1-11-3-2-4-14(9-11)18-16-8-7-15-12-5-6-13(10-12)17(15)16/h2-6,9,12-13,15-17H,7-8,10H2,1H3/t12-,13+,15-,16+,17-/m1/s1. The van der Waals surface area contributed by atoms with E-state index in [9.17, 15) is 0 Å². The molecule has 1 heteroatoms. The Hall–Kier alpha value is -1.24. The van der Waals surface area contributed by atoms with Gasteiger partial charge in [0.25, 0.3) is 0 Å². The maximum Gasteiger partial charge on any atom is 0.119 e. The van der Waals surface area contributed by atoms with E-state index in [1.165, 1.54) is 24.8 Å². The lowest BCUT2D eigenvalue weighted by Gasteiger charge is -2.26. The second-order valence-electron chi connectivity index (χ2n) is 6.24. The average molecular weight is 240 g/mol. The zero-order chi connectivity index (χ0) is 12.1. The minimum Gasteiger partial charge on any atom is -0.490 e. The highest BCUT2D eigenvalue weighted by Crippen LogP contribution is 2.56. The fourth-order valence-electron chi connectivity index (χ4n) is 4.47. The van der Waals surface area contributed by atoms with Crippen LogP contribution in [0.3, 0.4) is 0 Å². The van der Waals surface area contributed by atoms with E-state index in [-0.39, 0.29) is 0 Å². The molecule has 1 aromatic rings. The lowest BCUT2D eigenvalue weighted by atomic mass is 9.85. The Morgan fingerprint density at radius 3 is 2.89 bits per heavy atom. The highest BCUT2D eigenvalue weighted by Gasteiger charge is 2.52. The summed E-state index contributed by atoms with van der Waals surface area (Å²) in [5.41, 5.74) is 1.29. The van der Waals surface area contributed by atoms with Gasteiger partial charge in [-0.1, -0.05) is 24.3 Å². The molecule has 2 saturated carbocycles. The zero-order valence-electron chi connectivity index (χ0n) is 10.9. The van der Waals surface area contributed by atoms with Crippen LogP contribution in [-0.2, 0) is 0 Å². The predicted octanol–water partition coefficient (Wildman–Crippen LogP) is 3.97. The number of rotatable bonds is 2. The number of aryl methyl sites for hydroxylation is 1. The SMILES string of the molecule is Cc1cccc(O[C@H]2CC[C@H]3[C@H]2[C@H]2C=C[C@@H]3C2)c1. The summed E-state index contributed by atoms with van der Waals surface area (Å²) in [5, 5.41) is 0. The number of ether oxygens (including phenoxy) is 1. The fraction of sp³-hybridized carbons (Fsp3) is 0.529. The molecule has 1 aromatic carbocycles. The van der Waals surface area contributed by atoms with Crippen LogP contribution in [0.5, 0.6) is 5.75 Å². The van der Waals surface area contributed by atoms with Gasteiger partial charge in [-0.3, -0.25) is 0 Å². The Labute approximate surface area is 109 Å². The molecule has 94 valence electrons. The first-order chi connectivity index (χ1) is 8.81. The van der Waals surface area contributed by atoms with E-state index < -0.39 is 0 Å². The largest absolute Gasteiger partial charge is 0.490 e. The van der Waals surface area contributed by atoms with Crippen LogP contribution in [0.2, 0.25) is 0 Å². The van der Waals surface area contributed by atoms with Crippen molar-refractivity contribution < 1.29 is 4.74 Å². The van der Waals surface area contributed by atoms with Gasteiger partial charge in [0.15, 0.2) is 0 Å². The highest BCUT2D eigenvalue weighted by molar-refractivity contribution is 5.28. The van der Waals surface area contributed by atoms with Gasteiger partial charge in [-0.25, -0.2) is 0 Å². The Morgan fingerprint density at radius 1 is 1.11 bits per heavy atom. The van der Waals surface area contributed by atoms with Crippen LogP contribution in [0.4, 0.5) is 0 Å². The molecule has 0 saturated heterocycles. The molecule has 0 N–H and O–H groups in total. The summed E-state index contributed by atoms with van der Waals surface area (Å²) >= 11 is 0. The summed E-state index contributed by atoms with van der Waals surface area (Å²) < 4.78 is 6.29. The van der Waals surface area contributed by atoms with Crippen molar-refractivity contribution in [3.8, 4) is 5.75 Å². The monoisotopic (exact) mass is 240 g/mol. The highest BCUT2D eigenvalue weighted by atomic mass is 16.5. The van der Waals surface area contributed by atoms with Crippen LogP contribution >= 0.6 is 0 Å². The predicted molar refractivity (Wildman–Crippen MR) is 72.5 cm³/mol. The van der Waals surface area contributed by atoms with Crippen molar-refractivity contribution in [2.75, 3.05) is 0 Å². The summed E-state index contributed by atoms with van der Waals surface area (Å²) in [7, 11) is 0. The summed E-state index contributed by atoms with van der Waals surface area (Å²) in [6.07, 6.45) is 9.37. The summed E-state index contributed by atoms with van der Waals surface area (Å²) in [5.74, 6) is 4.44. The zero-order valence-corrected chi connectivity index (χ0v) is 10.9. The number of hydrogen-bond acceptors (Lipinski definition) is 1. The number of allylic oxidation sites excluding steroid dienone is 2. The molecular formula is C17H20O. The molecule has 0 unspecified atom stereocenters. The lowest BCUT2D eigenvalue weighted by Crippen LogP contribution is -2.28. The molecule has 18 heavy (non-hydrogen) atoms. The lowest BCUT2D eigenvalue weighted by molar-refractivity contribution is 0.131. The van der Waals surface area contributed by atoms with Gasteiger partial charge in [0.1, 0.15) is 11.9 Å². The summed E-state index contributed by atoms with van der Waals surface area (Å²) in [4.78, 5) is 0. The third-order valence-electron chi connectivity index (χ3n) is 5.18. The van der Waals surface area contributed by atoms with Gasteiger partial charge in [-0.2, -0.15) is 0 Å². The van der Waals surface area contributed by atoms with E-state index in [4.69, 9.17) is 4.74 Å². The second kappa shape index (κ2) is 3.88.